The maximum atomic E-state index is 12.6. The van der Waals surface area contributed by atoms with E-state index in [0.717, 1.165) is 18.4 Å². The maximum Gasteiger partial charge on any atom is 0.273 e. The zero-order chi connectivity index (χ0) is 19.6. The molecule has 28 heavy (non-hydrogen) atoms. The number of amides is 1. The topological polar surface area (TPSA) is 77.5 Å². The zero-order valence-electron chi connectivity index (χ0n) is 14.9. The molecule has 4 rings (SSSR count). The summed E-state index contributed by atoms with van der Waals surface area (Å²) in [4.78, 5) is 12.6. The molecule has 2 aromatic heterocycles. The van der Waals surface area contributed by atoms with Gasteiger partial charge >= 0.3 is 0 Å². The van der Waals surface area contributed by atoms with Crippen LogP contribution in [0, 0.1) is 0 Å². The van der Waals surface area contributed by atoms with Gasteiger partial charge in [0.05, 0.1) is 6.26 Å². The molecule has 1 saturated heterocycles. The molecule has 6 nitrogen and oxygen atoms in total. The summed E-state index contributed by atoms with van der Waals surface area (Å²) in [6.45, 7) is 1.60. The van der Waals surface area contributed by atoms with Crippen LogP contribution in [0.15, 0.2) is 51.6 Å². The number of hydrogen-bond donors (Lipinski definition) is 1. The van der Waals surface area contributed by atoms with Crippen LogP contribution in [0.3, 0.4) is 0 Å². The molecule has 3 heterocycles. The lowest BCUT2D eigenvalue weighted by atomic mass is 9.74. The molecule has 0 aliphatic carbocycles. The number of carbonyl (C=O) groups excluding carboxylic acids is 1. The molecule has 1 aliphatic rings. The quantitative estimate of drug-likeness (QED) is 0.645. The summed E-state index contributed by atoms with van der Waals surface area (Å²) < 4.78 is 16.0. The molecule has 1 amide bonds. The molecule has 0 spiro atoms. The number of nitrogens with one attached hydrogen (secondary N) is 1. The zero-order valence-corrected chi connectivity index (χ0v) is 16.4. The Morgan fingerprint density at radius 1 is 1.14 bits per heavy atom. The van der Waals surface area contributed by atoms with E-state index in [1.54, 1.807) is 24.3 Å². The van der Waals surface area contributed by atoms with Crippen molar-refractivity contribution in [2.24, 2.45) is 0 Å². The van der Waals surface area contributed by atoms with E-state index in [2.05, 4.69) is 10.5 Å². The van der Waals surface area contributed by atoms with Gasteiger partial charge in [-0.15, -0.1) is 0 Å². The Hall–Kier alpha value is -2.28. The van der Waals surface area contributed by atoms with Crippen molar-refractivity contribution in [3.05, 3.63) is 64.0 Å². The van der Waals surface area contributed by atoms with Gasteiger partial charge in [0.1, 0.15) is 0 Å². The fourth-order valence-corrected chi connectivity index (χ4v) is 4.09. The Balaban J connectivity index is 1.52. The van der Waals surface area contributed by atoms with Crippen LogP contribution in [0.1, 0.15) is 28.9 Å². The van der Waals surface area contributed by atoms with Crippen molar-refractivity contribution in [2.75, 3.05) is 19.8 Å². The van der Waals surface area contributed by atoms with E-state index in [4.69, 9.17) is 36.9 Å². The molecular weight excluding hydrogens is 403 g/mol. The molecule has 0 atom stereocenters. The number of benzene rings is 1. The Bertz CT molecular complexity index is 963. The third kappa shape index (κ3) is 3.81. The van der Waals surface area contributed by atoms with Gasteiger partial charge in [0.15, 0.2) is 11.5 Å². The third-order valence-corrected chi connectivity index (χ3v) is 5.59. The van der Waals surface area contributed by atoms with E-state index < -0.39 is 0 Å². The predicted octanol–water partition coefficient (Wildman–Crippen LogP) is 4.72. The summed E-state index contributed by atoms with van der Waals surface area (Å²) >= 11 is 12.5. The molecule has 146 valence electrons. The monoisotopic (exact) mass is 420 g/mol. The minimum atomic E-state index is -0.330. The van der Waals surface area contributed by atoms with Gasteiger partial charge in [-0.05, 0) is 42.7 Å². The van der Waals surface area contributed by atoms with Gasteiger partial charge < -0.3 is 19.0 Å². The highest BCUT2D eigenvalue weighted by atomic mass is 35.5. The van der Waals surface area contributed by atoms with Crippen molar-refractivity contribution >= 4 is 29.1 Å². The lowest BCUT2D eigenvalue weighted by molar-refractivity contribution is 0.0486. The third-order valence-electron chi connectivity index (χ3n) is 5.05. The van der Waals surface area contributed by atoms with Crippen molar-refractivity contribution < 1.29 is 18.5 Å². The first kappa shape index (κ1) is 19.1. The molecule has 0 saturated carbocycles. The molecule has 1 aromatic carbocycles. The summed E-state index contributed by atoms with van der Waals surface area (Å²) in [6, 6.07) is 10.5. The van der Waals surface area contributed by atoms with Crippen LogP contribution in [0.5, 0.6) is 0 Å². The first-order valence-electron chi connectivity index (χ1n) is 8.89. The summed E-state index contributed by atoms with van der Waals surface area (Å²) in [6.07, 6.45) is 3.01. The molecule has 1 N–H and O–H groups in total. The van der Waals surface area contributed by atoms with Gasteiger partial charge in [0, 0.05) is 41.3 Å². The first-order chi connectivity index (χ1) is 13.6. The summed E-state index contributed by atoms with van der Waals surface area (Å²) in [5.74, 6) is 0.592. The number of nitrogens with zero attached hydrogens (tertiary/aromatic N) is 1. The number of hydrogen-bond acceptors (Lipinski definition) is 5. The van der Waals surface area contributed by atoms with E-state index >= 15 is 0 Å². The van der Waals surface area contributed by atoms with Gasteiger partial charge in [-0.25, -0.2) is 0 Å². The number of ether oxygens (including phenoxy) is 1. The standard InChI is InChI=1S/C20H18Cl2N2O4/c21-13-3-4-14(15(22)10-13)20(5-8-26-9-6-20)12-23-19(25)16-11-18(28-24-16)17-2-1-7-27-17/h1-4,7,10-11H,5-6,8-9,12H2,(H,23,25). The van der Waals surface area contributed by atoms with Crippen molar-refractivity contribution in [1.29, 1.82) is 0 Å². The van der Waals surface area contributed by atoms with E-state index in [9.17, 15) is 4.79 Å². The average Bonchev–Trinajstić information content (AvgIpc) is 3.38. The van der Waals surface area contributed by atoms with Crippen LogP contribution in [0.25, 0.3) is 11.5 Å². The fraction of sp³-hybridized carbons (Fsp3) is 0.300. The molecule has 8 heteroatoms. The Kier molecular flexibility index (Phi) is 5.44. The van der Waals surface area contributed by atoms with Gasteiger partial charge in [-0.2, -0.15) is 0 Å². The lowest BCUT2D eigenvalue weighted by Gasteiger charge is -2.38. The lowest BCUT2D eigenvalue weighted by Crippen LogP contribution is -2.44. The van der Waals surface area contributed by atoms with E-state index in [1.165, 1.54) is 6.26 Å². The molecule has 3 aromatic rings. The van der Waals surface area contributed by atoms with Crippen molar-refractivity contribution in [3.8, 4) is 11.5 Å². The highest BCUT2D eigenvalue weighted by molar-refractivity contribution is 6.35. The number of carbonyl (C=O) groups is 1. The first-order valence-corrected chi connectivity index (χ1v) is 9.65. The van der Waals surface area contributed by atoms with Crippen molar-refractivity contribution in [1.82, 2.24) is 10.5 Å². The van der Waals surface area contributed by atoms with E-state index in [-0.39, 0.29) is 17.0 Å². The van der Waals surface area contributed by atoms with Crippen molar-refractivity contribution in [2.45, 2.75) is 18.3 Å². The summed E-state index contributed by atoms with van der Waals surface area (Å²) in [5, 5.41) is 7.98. The minimum Gasteiger partial charge on any atom is -0.461 e. The van der Waals surface area contributed by atoms with Crippen LogP contribution in [-0.4, -0.2) is 30.8 Å². The average molecular weight is 421 g/mol. The second-order valence-corrected chi connectivity index (χ2v) is 7.60. The SMILES string of the molecule is O=C(NCC1(c2ccc(Cl)cc2Cl)CCOCC1)c1cc(-c2ccco2)on1. The fourth-order valence-electron chi connectivity index (χ4n) is 3.48. The van der Waals surface area contributed by atoms with Crippen LogP contribution in [-0.2, 0) is 10.2 Å². The molecule has 1 fully saturated rings. The molecule has 1 aliphatic heterocycles. The normalized spacial score (nSPS) is 16.1. The van der Waals surface area contributed by atoms with Crippen LogP contribution >= 0.6 is 23.2 Å². The van der Waals surface area contributed by atoms with Gasteiger partial charge in [-0.1, -0.05) is 34.4 Å². The molecular formula is C20H18Cl2N2O4. The number of aromatic nitrogens is 1. The molecule has 0 radical (unpaired) electrons. The maximum absolute atomic E-state index is 12.6. The summed E-state index contributed by atoms with van der Waals surface area (Å²) in [5.41, 5.74) is 0.817. The minimum absolute atomic E-state index is 0.191. The number of rotatable bonds is 5. The predicted molar refractivity (Wildman–Crippen MR) is 105 cm³/mol. The molecule has 0 bridgehead atoms. The molecule has 0 unspecified atom stereocenters. The highest BCUT2D eigenvalue weighted by Crippen LogP contribution is 2.39. The van der Waals surface area contributed by atoms with E-state index in [1.807, 2.05) is 12.1 Å². The summed E-state index contributed by atoms with van der Waals surface area (Å²) in [7, 11) is 0. The van der Waals surface area contributed by atoms with Gasteiger partial charge in [-0.3, -0.25) is 4.79 Å². The van der Waals surface area contributed by atoms with Gasteiger partial charge in [0.2, 0.25) is 5.76 Å². The second-order valence-electron chi connectivity index (χ2n) is 6.75. The van der Waals surface area contributed by atoms with Crippen LogP contribution in [0.2, 0.25) is 10.0 Å². The van der Waals surface area contributed by atoms with Crippen molar-refractivity contribution in [3.63, 3.8) is 0 Å². The number of furan rings is 1. The second kappa shape index (κ2) is 7.99. The number of halogens is 2. The Morgan fingerprint density at radius 3 is 2.68 bits per heavy atom. The Morgan fingerprint density at radius 2 is 1.96 bits per heavy atom. The smallest absolute Gasteiger partial charge is 0.273 e. The van der Waals surface area contributed by atoms with Gasteiger partial charge in [0.25, 0.3) is 5.91 Å². The largest absolute Gasteiger partial charge is 0.461 e. The Labute approximate surface area is 171 Å². The highest BCUT2D eigenvalue weighted by Gasteiger charge is 2.36. The van der Waals surface area contributed by atoms with Crippen LogP contribution in [0.4, 0.5) is 0 Å². The van der Waals surface area contributed by atoms with Crippen LogP contribution < -0.4 is 5.32 Å². The van der Waals surface area contributed by atoms with E-state index in [0.29, 0.717) is 41.3 Å².